The molecular weight excluding hydrogens is 454 g/mol. The molecule has 2 aromatic carbocycles. The fourth-order valence-electron chi connectivity index (χ4n) is 4.49. The number of fused-ring (bicyclic) bond motifs is 1. The number of aliphatic hydroxyl groups is 1. The number of amides is 1. The number of aliphatic hydroxyl groups excluding tert-OH is 1. The lowest BCUT2D eigenvalue weighted by atomic mass is 10.1. The Morgan fingerprint density at radius 3 is 2.69 bits per heavy atom. The average Bonchev–Trinajstić information content (AvgIpc) is 3.33. The number of piperidine rings is 1. The van der Waals surface area contributed by atoms with E-state index in [-0.39, 0.29) is 17.8 Å². The molecule has 9 nitrogen and oxygen atoms in total. The van der Waals surface area contributed by atoms with Gasteiger partial charge in [0.25, 0.3) is 5.91 Å². The van der Waals surface area contributed by atoms with E-state index in [0.29, 0.717) is 30.0 Å². The van der Waals surface area contributed by atoms with Gasteiger partial charge in [-0.1, -0.05) is 18.2 Å². The predicted molar refractivity (Wildman–Crippen MR) is 140 cm³/mol. The van der Waals surface area contributed by atoms with Gasteiger partial charge in [0.05, 0.1) is 11.8 Å². The Kier molecular flexibility index (Phi) is 6.64. The first-order chi connectivity index (χ1) is 17.5. The van der Waals surface area contributed by atoms with Crippen LogP contribution in [0.15, 0.2) is 60.9 Å². The number of nitrogens with one attached hydrogen (secondary N) is 3. The average molecular weight is 484 g/mol. The van der Waals surface area contributed by atoms with Crippen LogP contribution in [0.25, 0.3) is 22.2 Å². The number of nitrogens with two attached hydrogens (primary N) is 1. The maximum absolute atomic E-state index is 12.7. The smallest absolute Gasteiger partial charge is 0.251 e. The van der Waals surface area contributed by atoms with Crippen LogP contribution in [0, 0.1) is 5.41 Å². The highest BCUT2D eigenvalue weighted by molar-refractivity contribution is 6.07. The molecule has 184 valence electrons. The molecule has 1 amide bonds. The van der Waals surface area contributed by atoms with E-state index in [1.807, 2.05) is 36.4 Å². The molecule has 36 heavy (non-hydrogen) atoms. The summed E-state index contributed by atoms with van der Waals surface area (Å²) in [7, 11) is 0. The summed E-state index contributed by atoms with van der Waals surface area (Å²) in [5.74, 6) is 0.554. The molecule has 0 bridgehead atoms. The summed E-state index contributed by atoms with van der Waals surface area (Å²) in [5.41, 5.74) is 10.6. The molecule has 5 rings (SSSR count). The van der Waals surface area contributed by atoms with Gasteiger partial charge in [-0.15, -0.1) is 0 Å². The quantitative estimate of drug-likeness (QED) is 0.202. The van der Waals surface area contributed by atoms with Crippen molar-refractivity contribution < 1.29 is 9.90 Å². The molecule has 0 radical (unpaired) electrons. The number of H-pyrrole nitrogens is 1. The van der Waals surface area contributed by atoms with Crippen LogP contribution in [0.2, 0.25) is 0 Å². The molecule has 0 spiro atoms. The van der Waals surface area contributed by atoms with Gasteiger partial charge < -0.3 is 26.0 Å². The summed E-state index contributed by atoms with van der Waals surface area (Å²) >= 11 is 0. The first kappa shape index (κ1) is 23.5. The number of anilines is 1. The number of amidine groups is 1. The third-order valence-electron chi connectivity index (χ3n) is 6.57. The van der Waals surface area contributed by atoms with Crippen molar-refractivity contribution in [3.05, 3.63) is 77.6 Å². The van der Waals surface area contributed by atoms with Gasteiger partial charge in [-0.2, -0.15) is 0 Å². The fraction of sp³-hybridized carbons (Fsp3) is 0.259. The van der Waals surface area contributed by atoms with Crippen molar-refractivity contribution >= 4 is 28.6 Å². The number of benzene rings is 2. The summed E-state index contributed by atoms with van der Waals surface area (Å²) in [6.45, 7) is 1.97. The number of aromatic nitrogens is 3. The molecule has 1 fully saturated rings. The second-order valence-electron chi connectivity index (χ2n) is 9.04. The number of nitrogen functional groups attached to an aromatic ring is 1. The molecule has 0 aliphatic carbocycles. The summed E-state index contributed by atoms with van der Waals surface area (Å²) in [6.07, 6.45) is 5.34. The molecule has 0 atom stereocenters. The van der Waals surface area contributed by atoms with Crippen molar-refractivity contribution in [2.24, 2.45) is 5.73 Å². The molecule has 0 unspecified atom stereocenters. The van der Waals surface area contributed by atoms with Crippen LogP contribution in [0.4, 0.5) is 5.95 Å². The van der Waals surface area contributed by atoms with Gasteiger partial charge in [0.2, 0.25) is 5.95 Å². The monoisotopic (exact) mass is 483 g/mol. The Morgan fingerprint density at radius 1 is 1.17 bits per heavy atom. The van der Waals surface area contributed by atoms with Crippen LogP contribution in [0.1, 0.15) is 34.3 Å². The predicted octanol–water partition coefficient (Wildman–Crippen LogP) is 2.84. The lowest BCUT2D eigenvalue weighted by Gasteiger charge is -2.29. The minimum Gasteiger partial charge on any atom is -0.393 e. The molecule has 6 N–H and O–H groups in total. The largest absolute Gasteiger partial charge is 0.393 e. The van der Waals surface area contributed by atoms with Crippen molar-refractivity contribution in [1.29, 1.82) is 5.41 Å². The van der Waals surface area contributed by atoms with E-state index in [1.54, 1.807) is 24.5 Å². The number of carbonyl (C=O) groups excluding carboxylic acids is 1. The van der Waals surface area contributed by atoms with Gasteiger partial charge in [-0.3, -0.25) is 10.2 Å². The number of rotatable bonds is 7. The van der Waals surface area contributed by atoms with Crippen LogP contribution in [-0.2, 0) is 6.42 Å². The van der Waals surface area contributed by atoms with Crippen molar-refractivity contribution in [3.8, 4) is 11.3 Å². The molecule has 9 heteroatoms. The second kappa shape index (κ2) is 10.2. The third-order valence-corrected chi connectivity index (χ3v) is 6.57. The van der Waals surface area contributed by atoms with E-state index in [9.17, 15) is 9.90 Å². The van der Waals surface area contributed by atoms with Gasteiger partial charge in [0.15, 0.2) is 0 Å². The van der Waals surface area contributed by atoms with Gasteiger partial charge in [0, 0.05) is 59.6 Å². The highest BCUT2D eigenvalue weighted by atomic mass is 16.3. The number of hydrogen-bond donors (Lipinski definition) is 5. The number of nitrogens with zero attached hydrogens (tertiary/aromatic N) is 3. The zero-order valence-corrected chi connectivity index (χ0v) is 19.9. The molecule has 1 saturated heterocycles. The van der Waals surface area contributed by atoms with Crippen LogP contribution in [-0.4, -0.2) is 57.5 Å². The van der Waals surface area contributed by atoms with E-state index in [1.165, 1.54) is 0 Å². The lowest BCUT2D eigenvalue weighted by Crippen LogP contribution is -2.36. The maximum Gasteiger partial charge on any atom is 0.251 e. The first-order valence-electron chi connectivity index (χ1n) is 12.1. The molecule has 2 aromatic heterocycles. The van der Waals surface area contributed by atoms with Crippen LogP contribution in [0.3, 0.4) is 0 Å². The van der Waals surface area contributed by atoms with Crippen molar-refractivity contribution in [2.75, 3.05) is 24.5 Å². The van der Waals surface area contributed by atoms with Gasteiger partial charge in [-0.05, 0) is 55.2 Å². The fourth-order valence-corrected chi connectivity index (χ4v) is 4.49. The molecule has 3 heterocycles. The standard InChI is InChI=1S/C27H29N7O2/c28-25(29)22-16-32-24-6-1-17(15-21(22)24)7-11-30-26(36)19-4-2-18(3-5-19)23-8-12-31-27(33-23)34-13-9-20(35)10-14-34/h1-6,8,12,15-16,20,32,35H,7,9-11,13-14H2,(H3,28,29)(H,30,36). The number of carbonyl (C=O) groups is 1. The zero-order chi connectivity index (χ0) is 25.1. The van der Waals surface area contributed by atoms with E-state index < -0.39 is 0 Å². The lowest BCUT2D eigenvalue weighted by molar-refractivity contribution is 0.0954. The minimum atomic E-state index is -0.245. The van der Waals surface area contributed by atoms with Gasteiger partial charge in [0.1, 0.15) is 5.84 Å². The van der Waals surface area contributed by atoms with Crippen molar-refractivity contribution in [3.63, 3.8) is 0 Å². The Balaban J connectivity index is 1.19. The normalized spacial score (nSPS) is 14.2. The van der Waals surface area contributed by atoms with Crippen molar-refractivity contribution in [2.45, 2.75) is 25.4 Å². The Labute approximate surface area is 208 Å². The third kappa shape index (κ3) is 5.06. The van der Waals surface area contributed by atoms with Crippen LogP contribution in [0.5, 0.6) is 0 Å². The first-order valence-corrected chi connectivity index (χ1v) is 12.1. The van der Waals surface area contributed by atoms with Crippen LogP contribution >= 0.6 is 0 Å². The van der Waals surface area contributed by atoms with Gasteiger partial charge >= 0.3 is 0 Å². The molecule has 1 aliphatic rings. The van der Waals surface area contributed by atoms with Crippen molar-refractivity contribution in [1.82, 2.24) is 20.3 Å². The Morgan fingerprint density at radius 2 is 1.94 bits per heavy atom. The molecule has 1 aliphatic heterocycles. The summed E-state index contributed by atoms with van der Waals surface area (Å²) in [6, 6.07) is 15.2. The van der Waals surface area contributed by atoms with Gasteiger partial charge in [-0.25, -0.2) is 9.97 Å². The summed E-state index contributed by atoms with van der Waals surface area (Å²) < 4.78 is 0. The molecular formula is C27H29N7O2. The topological polar surface area (TPSA) is 144 Å². The Bertz CT molecular complexity index is 1390. The van der Waals surface area contributed by atoms with E-state index in [2.05, 4.69) is 20.2 Å². The van der Waals surface area contributed by atoms with E-state index >= 15 is 0 Å². The summed E-state index contributed by atoms with van der Waals surface area (Å²) in [4.78, 5) is 27.0. The zero-order valence-electron chi connectivity index (χ0n) is 19.9. The highest BCUT2D eigenvalue weighted by Gasteiger charge is 2.19. The SMILES string of the molecule is N=C(N)c1c[nH]c2ccc(CCNC(=O)c3ccc(-c4ccnc(N5CCC(O)CC5)n4)cc3)cc12. The van der Waals surface area contributed by atoms with E-state index in [4.69, 9.17) is 16.1 Å². The highest BCUT2D eigenvalue weighted by Crippen LogP contribution is 2.22. The molecule has 4 aromatic rings. The summed E-state index contributed by atoms with van der Waals surface area (Å²) in [5, 5.41) is 21.3. The number of aromatic amines is 1. The van der Waals surface area contributed by atoms with E-state index in [0.717, 1.165) is 53.7 Å². The maximum atomic E-state index is 12.7. The minimum absolute atomic E-state index is 0.0275. The number of hydrogen-bond acceptors (Lipinski definition) is 6. The van der Waals surface area contributed by atoms with Crippen LogP contribution < -0.4 is 16.0 Å². The molecule has 0 saturated carbocycles. The second-order valence-corrected chi connectivity index (χ2v) is 9.04. The Hall–Kier alpha value is -4.24.